The number of anilines is 3. The molecule has 0 aromatic heterocycles. The Morgan fingerprint density at radius 1 is 0.185 bits per heavy atom. The van der Waals surface area contributed by atoms with E-state index in [-0.39, 0.29) is 0 Å². The molecule has 1 nitrogen and oxygen atoms in total. The highest BCUT2D eigenvalue weighted by Gasteiger charge is 2.20. The van der Waals surface area contributed by atoms with Gasteiger partial charge in [-0.3, -0.25) is 0 Å². The van der Waals surface area contributed by atoms with Crippen LogP contribution in [0.2, 0.25) is 0 Å². The number of nitrogens with zero attached hydrogens (tertiary/aromatic N) is 1. The molecule has 0 aliphatic carbocycles. The average Bonchev–Trinajstić information content (AvgIpc) is 3.40. The minimum absolute atomic E-state index is 1.08. The minimum Gasteiger partial charge on any atom is -0.310 e. The van der Waals surface area contributed by atoms with Gasteiger partial charge in [0.25, 0.3) is 0 Å². The quantitative estimate of drug-likeness (QED) is 0.133. The predicted octanol–water partition coefficient (Wildman–Crippen LogP) is 18.0. The molecule has 306 valence electrons. The number of benzene rings is 11. The van der Waals surface area contributed by atoms with Gasteiger partial charge in [0.1, 0.15) is 0 Å². The Balaban J connectivity index is 1.05. The smallest absolute Gasteiger partial charge is 0.0467 e. The zero-order chi connectivity index (χ0) is 43.4. The van der Waals surface area contributed by atoms with Gasteiger partial charge in [0.2, 0.25) is 0 Å². The molecule has 11 rings (SSSR count). The Morgan fingerprint density at radius 2 is 0.554 bits per heavy atom. The van der Waals surface area contributed by atoms with E-state index < -0.39 is 0 Å². The van der Waals surface area contributed by atoms with Gasteiger partial charge in [0.05, 0.1) is 0 Å². The van der Waals surface area contributed by atoms with Crippen LogP contribution >= 0.6 is 0 Å². The maximum Gasteiger partial charge on any atom is 0.0467 e. The lowest BCUT2D eigenvalue weighted by Gasteiger charge is -2.27. The number of hydrogen-bond acceptors (Lipinski definition) is 1. The molecule has 0 aliphatic heterocycles. The summed E-state index contributed by atoms with van der Waals surface area (Å²) in [5, 5.41) is 2.49. The molecule has 0 radical (unpaired) electrons. The van der Waals surface area contributed by atoms with Crippen LogP contribution in [0.1, 0.15) is 0 Å². The van der Waals surface area contributed by atoms with Crippen LogP contribution < -0.4 is 4.90 Å². The van der Waals surface area contributed by atoms with Gasteiger partial charge >= 0.3 is 0 Å². The van der Waals surface area contributed by atoms with Gasteiger partial charge in [0, 0.05) is 17.1 Å². The van der Waals surface area contributed by atoms with Crippen molar-refractivity contribution in [3.05, 3.63) is 273 Å². The maximum absolute atomic E-state index is 2.39. The Bertz CT molecular complexity index is 3300. The largest absolute Gasteiger partial charge is 0.310 e. The fourth-order valence-corrected chi connectivity index (χ4v) is 9.15. The summed E-state index contributed by atoms with van der Waals surface area (Å²) in [5.41, 5.74) is 19.9. The van der Waals surface area contributed by atoms with Gasteiger partial charge in [-0.25, -0.2) is 0 Å². The third-order valence-corrected chi connectivity index (χ3v) is 12.5. The molecule has 1 heteroatoms. The molecule has 0 saturated carbocycles. The summed E-state index contributed by atoms with van der Waals surface area (Å²) in [4.78, 5) is 2.39. The van der Waals surface area contributed by atoms with Crippen LogP contribution in [-0.4, -0.2) is 0 Å². The lowest BCUT2D eigenvalue weighted by atomic mass is 9.84. The first-order chi connectivity index (χ1) is 32.2. The molecule has 0 aliphatic rings. The Morgan fingerprint density at radius 3 is 1.06 bits per heavy atom. The summed E-state index contributed by atoms with van der Waals surface area (Å²) >= 11 is 0. The van der Waals surface area contributed by atoms with Crippen molar-refractivity contribution < 1.29 is 0 Å². The first-order valence-electron chi connectivity index (χ1n) is 22.3. The molecule has 11 aromatic carbocycles. The monoisotopic (exact) mass is 827 g/mol. The van der Waals surface area contributed by atoms with Crippen molar-refractivity contribution in [1.82, 2.24) is 0 Å². The van der Waals surface area contributed by atoms with Crippen LogP contribution in [0.25, 0.3) is 88.7 Å². The minimum atomic E-state index is 1.08. The fourth-order valence-electron chi connectivity index (χ4n) is 9.15. The molecule has 0 N–H and O–H groups in total. The van der Waals surface area contributed by atoms with Gasteiger partial charge in [-0.15, -0.1) is 0 Å². The summed E-state index contributed by atoms with van der Waals surface area (Å²) < 4.78 is 0. The third-order valence-electron chi connectivity index (χ3n) is 12.5. The standard InChI is InChI=1S/C64H45N/c1-5-16-46(17-6-1)49-28-30-50(31-29-49)51-34-38-59(39-35-51)65(60-40-36-52(37-41-60)56-33-32-48-20-13-14-25-55(48)42-56)61-27-15-26-57(43-61)64-62(53-21-9-3-10-22-53)44-58(47-18-7-2-8-19-47)45-63(64)54-23-11-4-12-24-54/h1-45H. The van der Waals surface area contributed by atoms with E-state index in [1.807, 2.05) is 0 Å². The van der Waals surface area contributed by atoms with E-state index in [1.165, 1.54) is 83.1 Å². The molecule has 0 bridgehead atoms. The number of rotatable bonds is 10. The summed E-state index contributed by atoms with van der Waals surface area (Å²) in [6.07, 6.45) is 0. The highest BCUT2D eigenvalue weighted by molar-refractivity contribution is 5.99. The molecule has 0 fully saturated rings. The van der Waals surface area contributed by atoms with Crippen LogP contribution in [0.3, 0.4) is 0 Å². The fraction of sp³-hybridized carbons (Fsp3) is 0. The molecule has 65 heavy (non-hydrogen) atoms. The van der Waals surface area contributed by atoms with Crippen molar-refractivity contribution in [3.63, 3.8) is 0 Å². The molecule has 0 saturated heterocycles. The zero-order valence-corrected chi connectivity index (χ0v) is 35.9. The third kappa shape index (κ3) is 8.16. The van der Waals surface area contributed by atoms with E-state index >= 15 is 0 Å². The second-order valence-electron chi connectivity index (χ2n) is 16.5. The molecule has 11 aromatic rings. The highest BCUT2D eigenvalue weighted by atomic mass is 15.1. The Labute approximate surface area is 381 Å². The van der Waals surface area contributed by atoms with E-state index in [0.717, 1.165) is 22.6 Å². The second kappa shape index (κ2) is 17.7. The summed E-state index contributed by atoms with van der Waals surface area (Å²) in [5.74, 6) is 0. The van der Waals surface area contributed by atoms with Crippen molar-refractivity contribution in [2.45, 2.75) is 0 Å². The lowest BCUT2D eigenvalue weighted by molar-refractivity contribution is 1.28. The van der Waals surface area contributed by atoms with E-state index in [9.17, 15) is 0 Å². The second-order valence-corrected chi connectivity index (χ2v) is 16.5. The summed E-state index contributed by atoms with van der Waals surface area (Å²) in [7, 11) is 0. The van der Waals surface area contributed by atoms with Crippen LogP contribution in [0.15, 0.2) is 273 Å². The van der Waals surface area contributed by atoms with Crippen LogP contribution in [0, 0.1) is 0 Å². The van der Waals surface area contributed by atoms with Crippen molar-refractivity contribution >= 4 is 27.8 Å². The van der Waals surface area contributed by atoms with E-state index in [2.05, 4.69) is 278 Å². The van der Waals surface area contributed by atoms with Crippen molar-refractivity contribution in [2.24, 2.45) is 0 Å². The zero-order valence-electron chi connectivity index (χ0n) is 35.9. The predicted molar refractivity (Wildman–Crippen MR) is 277 cm³/mol. The molecule has 0 unspecified atom stereocenters. The van der Waals surface area contributed by atoms with Crippen LogP contribution in [0.4, 0.5) is 17.1 Å². The van der Waals surface area contributed by atoms with Gasteiger partial charge in [0.15, 0.2) is 0 Å². The van der Waals surface area contributed by atoms with E-state index in [0.29, 0.717) is 0 Å². The van der Waals surface area contributed by atoms with Crippen LogP contribution in [0.5, 0.6) is 0 Å². The van der Waals surface area contributed by atoms with Crippen molar-refractivity contribution in [3.8, 4) is 77.9 Å². The van der Waals surface area contributed by atoms with Crippen molar-refractivity contribution in [1.29, 1.82) is 0 Å². The highest BCUT2D eigenvalue weighted by Crippen LogP contribution is 2.46. The topological polar surface area (TPSA) is 3.24 Å². The molecular weight excluding hydrogens is 783 g/mol. The Kier molecular flexibility index (Phi) is 10.7. The maximum atomic E-state index is 2.39. The van der Waals surface area contributed by atoms with Gasteiger partial charge in [-0.2, -0.15) is 0 Å². The first-order valence-corrected chi connectivity index (χ1v) is 22.3. The van der Waals surface area contributed by atoms with Gasteiger partial charge in [-0.1, -0.05) is 218 Å². The van der Waals surface area contributed by atoms with E-state index in [1.54, 1.807) is 0 Å². The summed E-state index contributed by atoms with van der Waals surface area (Å²) in [6, 6.07) is 98.9. The SMILES string of the molecule is c1ccc(-c2ccc(-c3ccc(N(c4ccc(-c5ccc6ccccc6c5)cc4)c4cccc(-c5c(-c6ccccc6)cc(-c6ccccc6)cc5-c5ccccc5)c4)cc3)cc2)cc1. The Hall–Kier alpha value is -8.52. The number of hydrogen-bond donors (Lipinski definition) is 0. The van der Waals surface area contributed by atoms with E-state index in [4.69, 9.17) is 0 Å². The first kappa shape index (κ1) is 39.3. The van der Waals surface area contributed by atoms with Crippen LogP contribution in [-0.2, 0) is 0 Å². The van der Waals surface area contributed by atoms with Gasteiger partial charge < -0.3 is 4.90 Å². The average molecular weight is 828 g/mol. The molecule has 0 spiro atoms. The molecule has 0 atom stereocenters. The molecular formula is C64H45N. The molecule has 0 heterocycles. The summed E-state index contributed by atoms with van der Waals surface area (Å²) in [6.45, 7) is 0. The normalized spacial score (nSPS) is 11.1. The van der Waals surface area contributed by atoms with Crippen molar-refractivity contribution in [2.75, 3.05) is 4.90 Å². The lowest BCUT2D eigenvalue weighted by Crippen LogP contribution is -2.10. The number of fused-ring (bicyclic) bond motifs is 1. The van der Waals surface area contributed by atoms with Gasteiger partial charge in [-0.05, 0) is 143 Å². The molecule has 0 amide bonds.